The number of aryl methyl sites for hydroxylation is 1. The Morgan fingerprint density at radius 2 is 1.96 bits per heavy atom. The van der Waals surface area contributed by atoms with Crippen LogP contribution in [-0.2, 0) is 9.53 Å². The number of ether oxygens (including phenoxy) is 1. The lowest BCUT2D eigenvalue weighted by Crippen LogP contribution is -2.30. The number of aromatic nitrogens is 2. The van der Waals surface area contributed by atoms with E-state index < -0.39 is 18.0 Å². The molecule has 6 heteroatoms. The molecule has 0 unspecified atom stereocenters. The van der Waals surface area contributed by atoms with E-state index in [9.17, 15) is 9.59 Å². The van der Waals surface area contributed by atoms with Crippen molar-refractivity contribution in [2.24, 2.45) is 0 Å². The molecule has 0 aliphatic rings. The molecule has 1 amide bonds. The molecule has 122 valence electrons. The van der Waals surface area contributed by atoms with Crippen molar-refractivity contribution >= 4 is 28.5 Å². The molecule has 0 bridgehead atoms. The monoisotopic (exact) mass is 323 g/mol. The third kappa shape index (κ3) is 3.27. The molecule has 0 saturated carbocycles. The highest BCUT2D eigenvalue weighted by atomic mass is 16.5. The fraction of sp³-hybridized carbons (Fsp3) is 0.167. The number of carbonyl (C=O) groups excluding carboxylic acids is 2. The molecule has 0 aliphatic heterocycles. The number of esters is 1. The second-order valence-electron chi connectivity index (χ2n) is 5.52. The summed E-state index contributed by atoms with van der Waals surface area (Å²) in [4.78, 5) is 24.4. The van der Waals surface area contributed by atoms with Gasteiger partial charge in [0.2, 0.25) is 0 Å². The average Bonchev–Trinajstić information content (AvgIpc) is 2.99. The predicted molar refractivity (Wildman–Crippen MR) is 90.8 cm³/mol. The lowest BCUT2D eigenvalue weighted by atomic mass is 10.2. The molecule has 24 heavy (non-hydrogen) atoms. The number of H-pyrrole nitrogens is 1. The molecule has 1 heterocycles. The predicted octanol–water partition coefficient (Wildman–Crippen LogP) is 3.06. The van der Waals surface area contributed by atoms with Gasteiger partial charge in [-0.25, -0.2) is 4.79 Å². The van der Waals surface area contributed by atoms with Crippen LogP contribution < -0.4 is 5.32 Å². The summed E-state index contributed by atoms with van der Waals surface area (Å²) < 4.78 is 5.23. The van der Waals surface area contributed by atoms with Gasteiger partial charge < -0.3 is 10.1 Å². The molecule has 0 saturated heterocycles. The van der Waals surface area contributed by atoms with Crippen LogP contribution in [-0.4, -0.2) is 28.2 Å². The van der Waals surface area contributed by atoms with Gasteiger partial charge in [0.25, 0.3) is 5.91 Å². The molecule has 2 aromatic carbocycles. The molecule has 6 nitrogen and oxygen atoms in total. The minimum atomic E-state index is -0.937. The number of hydrogen-bond donors (Lipinski definition) is 2. The van der Waals surface area contributed by atoms with Crippen LogP contribution in [0.1, 0.15) is 23.0 Å². The van der Waals surface area contributed by atoms with Crippen LogP contribution in [0.5, 0.6) is 0 Å². The van der Waals surface area contributed by atoms with Crippen molar-refractivity contribution in [2.75, 3.05) is 5.32 Å². The number of nitrogens with zero attached hydrogens (tertiary/aromatic N) is 1. The number of aromatic amines is 1. The number of anilines is 1. The van der Waals surface area contributed by atoms with Gasteiger partial charge in [0.15, 0.2) is 11.8 Å². The van der Waals surface area contributed by atoms with E-state index in [4.69, 9.17) is 4.74 Å². The summed E-state index contributed by atoms with van der Waals surface area (Å²) in [6.45, 7) is 3.46. The molecular formula is C18H17N3O3. The molecule has 0 fully saturated rings. The second kappa shape index (κ2) is 6.54. The number of rotatable bonds is 4. The molecule has 0 radical (unpaired) electrons. The molecule has 0 aliphatic carbocycles. The molecule has 1 atom stereocenters. The number of amides is 1. The van der Waals surface area contributed by atoms with Crippen LogP contribution in [0, 0.1) is 6.92 Å². The number of fused-ring (bicyclic) bond motifs is 1. The van der Waals surface area contributed by atoms with Crippen LogP contribution in [0.15, 0.2) is 48.5 Å². The fourth-order valence-electron chi connectivity index (χ4n) is 2.36. The number of benzene rings is 2. The zero-order valence-electron chi connectivity index (χ0n) is 13.4. The summed E-state index contributed by atoms with van der Waals surface area (Å²) >= 11 is 0. The van der Waals surface area contributed by atoms with E-state index in [0.29, 0.717) is 11.1 Å². The maximum atomic E-state index is 12.3. The first kappa shape index (κ1) is 15.7. The Kier molecular flexibility index (Phi) is 4.29. The largest absolute Gasteiger partial charge is 0.448 e. The van der Waals surface area contributed by atoms with E-state index in [0.717, 1.165) is 11.1 Å². The van der Waals surface area contributed by atoms with Gasteiger partial charge in [0.1, 0.15) is 0 Å². The van der Waals surface area contributed by atoms with Crippen LogP contribution >= 0.6 is 0 Å². The SMILES string of the molecule is Cc1cccc(NC(=O)[C@H](C)OC(=O)c2n[nH]c3ccccc23)c1. The van der Waals surface area contributed by atoms with Gasteiger partial charge in [0.05, 0.1) is 5.52 Å². The molecular weight excluding hydrogens is 306 g/mol. The molecule has 3 rings (SSSR count). The minimum absolute atomic E-state index is 0.167. The zero-order chi connectivity index (χ0) is 17.1. The first-order valence-electron chi connectivity index (χ1n) is 7.56. The standard InChI is InChI=1S/C18H17N3O3/c1-11-6-5-7-13(10-11)19-17(22)12(2)24-18(23)16-14-8-3-4-9-15(14)20-21-16/h3-10,12H,1-2H3,(H,19,22)(H,20,21)/t12-/m0/s1. The highest BCUT2D eigenvalue weighted by Crippen LogP contribution is 2.17. The smallest absolute Gasteiger partial charge is 0.360 e. The van der Waals surface area contributed by atoms with E-state index in [1.165, 1.54) is 6.92 Å². The third-order valence-corrected chi connectivity index (χ3v) is 3.60. The Labute approximate surface area is 138 Å². The quantitative estimate of drug-likeness (QED) is 0.723. The Hall–Kier alpha value is -3.15. The number of para-hydroxylation sites is 1. The van der Waals surface area contributed by atoms with Gasteiger partial charge in [-0.3, -0.25) is 9.89 Å². The Morgan fingerprint density at radius 3 is 2.75 bits per heavy atom. The highest BCUT2D eigenvalue weighted by molar-refractivity contribution is 6.03. The fourth-order valence-corrected chi connectivity index (χ4v) is 2.36. The first-order valence-corrected chi connectivity index (χ1v) is 7.56. The van der Waals surface area contributed by atoms with Crippen molar-refractivity contribution in [3.8, 4) is 0 Å². The zero-order valence-corrected chi connectivity index (χ0v) is 13.4. The maximum Gasteiger partial charge on any atom is 0.360 e. The van der Waals surface area contributed by atoms with E-state index >= 15 is 0 Å². The van der Waals surface area contributed by atoms with Gasteiger partial charge in [-0.1, -0.05) is 30.3 Å². The topological polar surface area (TPSA) is 84.1 Å². The second-order valence-corrected chi connectivity index (χ2v) is 5.52. The van der Waals surface area contributed by atoms with E-state index in [2.05, 4.69) is 15.5 Å². The summed E-state index contributed by atoms with van der Waals surface area (Å²) in [5, 5.41) is 10.1. The molecule has 0 spiro atoms. The van der Waals surface area contributed by atoms with Crippen LogP contribution in [0.25, 0.3) is 10.9 Å². The van der Waals surface area contributed by atoms with Crippen LogP contribution in [0.3, 0.4) is 0 Å². The summed E-state index contributed by atoms with van der Waals surface area (Å²) in [6.07, 6.45) is -0.937. The maximum absolute atomic E-state index is 12.3. The van der Waals surface area contributed by atoms with Crippen LogP contribution in [0.4, 0.5) is 5.69 Å². The van der Waals surface area contributed by atoms with Crippen molar-refractivity contribution in [1.82, 2.24) is 10.2 Å². The molecule has 2 N–H and O–H groups in total. The van der Waals surface area contributed by atoms with E-state index in [-0.39, 0.29) is 5.69 Å². The van der Waals surface area contributed by atoms with Gasteiger partial charge in [0, 0.05) is 11.1 Å². The highest BCUT2D eigenvalue weighted by Gasteiger charge is 2.22. The molecule has 3 aromatic rings. The van der Waals surface area contributed by atoms with Crippen molar-refractivity contribution in [1.29, 1.82) is 0 Å². The van der Waals surface area contributed by atoms with E-state index in [1.54, 1.807) is 12.1 Å². The van der Waals surface area contributed by atoms with E-state index in [1.807, 2.05) is 43.3 Å². The number of hydrogen-bond acceptors (Lipinski definition) is 4. The summed E-state index contributed by atoms with van der Waals surface area (Å²) in [5.41, 5.74) is 2.59. The Balaban J connectivity index is 1.68. The summed E-state index contributed by atoms with van der Waals surface area (Å²) in [6, 6.07) is 14.6. The van der Waals surface area contributed by atoms with Gasteiger partial charge >= 0.3 is 5.97 Å². The number of carbonyl (C=O) groups is 2. The first-order chi connectivity index (χ1) is 11.5. The average molecular weight is 323 g/mol. The van der Waals surface area contributed by atoms with Crippen LogP contribution in [0.2, 0.25) is 0 Å². The Morgan fingerprint density at radius 1 is 1.17 bits per heavy atom. The van der Waals surface area contributed by atoms with Crippen molar-refractivity contribution in [3.05, 3.63) is 59.8 Å². The molecule has 1 aromatic heterocycles. The van der Waals surface area contributed by atoms with Crippen molar-refractivity contribution in [3.63, 3.8) is 0 Å². The lowest BCUT2D eigenvalue weighted by Gasteiger charge is -2.13. The van der Waals surface area contributed by atoms with Gasteiger partial charge in [-0.05, 0) is 37.6 Å². The summed E-state index contributed by atoms with van der Waals surface area (Å²) in [5.74, 6) is -1.03. The third-order valence-electron chi connectivity index (χ3n) is 3.60. The Bertz CT molecular complexity index is 901. The van der Waals surface area contributed by atoms with Gasteiger partial charge in [-0.2, -0.15) is 5.10 Å². The van der Waals surface area contributed by atoms with Crippen molar-refractivity contribution < 1.29 is 14.3 Å². The summed E-state index contributed by atoms with van der Waals surface area (Å²) in [7, 11) is 0. The van der Waals surface area contributed by atoms with Gasteiger partial charge in [-0.15, -0.1) is 0 Å². The number of nitrogens with one attached hydrogen (secondary N) is 2. The normalized spacial score (nSPS) is 11.9. The lowest BCUT2D eigenvalue weighted by molar-refractivity contribution is -0.123. The van der Waals surface area contributed by atoms with Crippen molar-refractivity contribution in [2.45, 2.75) is 20.0 Å². The minimum Gasteiger partial charge on any atom is -0.448 e.